The molecule has 4 rings (SSSR count). The Kier molecular flexibility index (Phi) is 5.57. The van der Waals surface area contributed by atoms with Gasteiger partial charge in [0.15, 0.2) is 4.32 Å². The number of thiocarbonyl (C=S) groups is 1. The standard InChI is InChI=1S/C21H15N3O5S2/c1-29-15(25)11-23-14-10-6-5-9-13(14)16(19(23)27)17-20(28)24(21(30)31-17)22-18(26)12-7-3-2-4-8-12/h2-10H,11H2,1H3,(H,22,26)/b17-16-. The largest absolute Gasteiger partial charge is 0.468 e. The third-order valence-corrected chi connectivity index (χ3v) is 6.06. The van der Waals surface area contributed by atoms with Crippen molar-refractivity contribution in [2.75, 3.05) is 18.6 Å². The highest BCUT2D eigenvalue weighted by molar-refractivity contribution is 8.26. The Morgan fingerprint density at radius 3 is 2.42 bits per heavy atom. The van der Waals surface area contributed by atoms with E-state index < -0.39 is 23.7 Å². The van der Waals surface area contributed by atoms with Gasteiger partial charge in [0.05, 0.1) is 23.3 Å². The molecule has 0 spiro atoms. The Morgan fingerprint density at radius 1 is 1.03 bits per heavy atom. The van der Waals surface area contributed by atoms with Crippen LogP contribution in [-0.2, 0) is 19.1 Å². The van der Waals surface area contributed by atoms with Gasteiger partial charge in [-0.3, -0.25) is 29.5 Å². The van der Waals surface area contributed by atoms with Crippen LogP contribution < -0.4 is 10.3 Å². The highest BCUT2D eigenvalue weighted by Gasteiger charge is 2.43. The normalized spacial score (nSPS) is 17.8. The quantitative estimate of drug-likeness (QED) is 0.430. The number of rotatable bonds is 4. The van der Waals surface area contributed by atoms with Crippen molar-refractivity contribution < 1.29 is 23.9 Å². The van der Waals surface area contributed by atoms with Gasteiger partial charge in [-0.25, -0.2) is 0 Å². The summed E-state index contributed by atoms with van der Waals surface area (Å²) in [6.07, 6.45) is 0. The molecule has 2 heterocycles. The lowest BCUT2D eigenvalue weighted by Crippen LogP contribution is -2.45. The fourth-order valence-corrected chi connectivity index (χ4v) is 4.47. The molecule has 0 unspecified atom stereocenters. The average Bonchev–Trinajstić information content (AvgIpc) is 3.21. The van der Waals surface area contributed by atoms with Gasteiger partial charge in [0.25, 0.3) is 17.7 Å². The fraction of sp³-hybridized carbons (Fsp3) is 0.0952. The Balaban J connectivity index is 1.68. The molecule has 2 aromatic rings. The third kappa shape index (κ3) is 3.71. The van der Waals surface area contributed by atoms with E-state index in [4.69, 9.17) is 12.2 Å². The van der Waals surface area contributed by atoms with E-state index in [9.17, 15) is 19.2 Å². The highest BCUT2D eigenvalue weighted by Crippen LogP contribution is 2.44. The number of thioether (sulfide) groups is 1. The van der Waals surface area contributed by atoms with Gasteiger partial charge in [-0.1, -0.05) is 48.2 Å². The van der Waals surface area contributed by atoms with E-state index in [1.54, 1.807) is 54.6 Å². The molecule has 1 fully saturated rings. The number of hydrazine groups is 1. The zero-order valence-corrected chi connectivity index (χ0v) is 17.8. The van der Waals surface area contributed by atoms with Crippen LogP contribution in [0, 0.1) is 0 Å². The van der Waals surface area contributed by atoms with Gasteiger partial charge >= 0.3 is 5.97 Å². The summed E-state index contributed by atoms with van der Waals surface area (Å²) < 4.78 is 4.77. The second-order valence-electron chi connectivity index (χ2n) is 6.50. The Morgan fingerprint density at radius 2 is 1.71 bits per heavy atom. The van der Waals surface area contributed by atoms with E-state index >= 15 is 0 Å². The molecular formula is C21H15N3O5S2. The molecule has 8 nitrogen and oxygen atoms in total. The van der Waals surface area contributed by atoms with Crippen LogP contribution in [0.15, 0.2) is 59.5 Å². The zero-order chi connectivity index (χ0) is 22.1. The molecule has 2 aliphatic heterocycles. The van der Waals surface area contributed by atoms with Gasteiger partial charge in [0.1, 0.15) is 6.54 Å². The summed E-state index contributed by atoms with van der Waals surface area (Å²) in [6.45, 7) is -0.291. The number of anilines is 1. The fourth-order valence-electron chi connectivity index (χ4n) is 3.22. The van der Waals surface area contributed by atoms with Crippen LogP contribution in [-0.4, -0.2) is 46.7 Å². The number of para-hydroxylation sites is 1. The lowest BCUT2D eigenvalue weighted by atomic mass is 10.1. The first-order chi connectivity index (χ1) is 14.9. The number of nitrogens with zero attached hydrogens (tertiary/aromatic N) is 2. The van der Waals surface area contributed by atoms with Crippen molar-refractivity contribution in [3.63, 3.8) is 0 Å². The van der Waals surface area contributed by atoms with E-state index in [1.807, 2.05) is 0 Å². The average molecular weight is 454 g/mol. The molecule has 10 heteroatoms. The van der Waals surface area contributed by atoms with E-state index in [0.717, 1.165) is 16.8 Å². The predicted molar refractivity (Wildman–Crippen MR) is 119 cm³/mol. The minimum Gasteiger partial charge on any atom is -0.468 e. The first-order valence-corrected chi connectivity index (χ1v) is 10.3. The predicted octanol–water partition coefficient (Wildman–Crippen LogP) is 2.12. The van der Waals surface area contributed by atoms with E-state index in [2.05, 4.69) is 10.2 Å². The van der Waals surface area contributed by atoms with Gasteiger partial charge < -0.3 is 4.74 Å². The first-order valence-electron chi connectivity index (χ1n) is 9.07. The van der Waals surface area contributed by atoms with Crippen LogP contribution >= 0.6 is 24.0 Å². The molecule has 2 aliphatic rings. The van der Waals surface area contributed by atoms with Crippen LogP contribution in [0.2, 0.25) is 0 Å². The molecule has 31 heavy (non-hydrogen) atoms. The van der Waals surface area contributed by atoms with E-state index in [1.165, 1.54) is 12.0 Å². The summed E-state index contributed by atoms with van der Waals surface area (Å²) in [7, 11) is 1.23. The number of benzene rings is 2. The molecule has 1 saturated heterocycles. The van der Waals surface area contributed by atoms with Crippen LogP contribution in [0.25, 0.3) is 5.57 Å². The van der Waals surface area contributed by atoms with Crippen molar-refractivity contribution in [2.24, 2.45) is 0 Å². The van der Waals surface area contributed by atoms with Gasteiger partial charge in [-0.15, -0.1) is 0 Å². The summed E-state index contributed by atoms with van der Waals surface area (Å²) in [5.74, 6) is -2.22. The third-order valence-electron chi connectivity index (χ3n) is 4.68. The number of esters is 1. The van der Waals surface area contributed by atoms with Gasteiger partial charge in [-0.05, 0) is 30.4 Å². The van der Waals surface area contributed by atoms with Crippen molar-refractivity contribution in [1.82, 2.24) is 10.4 Å². The second-order valence-corrected chi connectivity index (χ2v) is 8.15. The lowest BCUT2D eigenvalue weighted by molar-refractivity contribution is -0.139. The maximum absolute atomic E-state index is 13.1. The maximum Gasteiger partial charge on any atom is 0.325 e. The molecule has 0 aromatic heterocycles. The maximum atomic E-state index is 13.1. The lowest BCUT2D eigenvalue weighted by Gasteiger charge is -2.16. The Bertz CT molecular complexity index is 1160. The monoisotopic (exact) mass is 453 g/mol. The van der Waals surface area contributed by atoms with Crippen LogP contribution in [0.3, 0.4) is 0 Å². The smallest absolute Gasteiger partial charge is 0.325 e. The van der Waals surface area contributed by atoms with Crippen LogP contribution in [0.1, 0.15) is 15.9 Å². The van der Waals surface area contributed by atoms with E-state index in [0.29, 0.717) is 16.8 Å². The number of carbonyl (C=O) groups excluding carboxylic acids is 4. The zero-order valence-electron chi connectivity index (χ0n) is 16.2. The molecule has 0 aliphatic carbocycles. The molecule has 0 radical (unpaired) electrons. The molecule has 0 bridgehead atoms. The summed E-state index contributed by atoms with van der Waals surface area (Å²) in [5.41, 5.74) is 3.98. The summed E-state index contributed by atoms with van der Waals surface area (Å²) in [6, 6.07) is 15.2. The molecule has 3 amide bonds. The van der Waals surface area contributed by atoms with Crippen molar-refractivity contribution in [1.29, 1.82) is 0 Å². The first kappa shape index (κ1) is 20.8. The van der Waals surface area contributed by atoms with Crippen LogP contribution in [0.5, 0.6) is 0 Å². The number of amides is 3. The summed E-state index contributed by atoms with van der Waals surface area (Å²) in [5, 5.41) is 0.955. The SMILES string of the molecule is COC(=O)CN1C(=O)/C(=C2\SC(=S)N(NC(=O)c3ccccc3)C2=O)c2ccccc21. The van der Waals surface area contributed by atoms with E-state index in [-0.39, 0.29) is 21.3 Å². The number of hydrogen-bond donors (Lipinski definition) is 1. The Labute approximate surface area is 186 Å². The topological polar surface area (TPSA) is 96.0 Å². The summed E-state index contributed by atoms with van der Waals surface area (Å²) >= 11 is 6.19. The van der Waals surface area contributed by atoms with Crippen molar-refractivity contribution in [3.8, 4) is 0 Å². The number of ether oxygens (including phenoxy) is 1. The number of carbonyl (C=O) groups is 4. The molecular weight excluding hydrogens is 438 g/mol. The van der Waals surface area contributed by atoms with Crippen LogP contribution in [0.4, 0.5) is 5.69 Å². The van der Waals surface area contributed by atoms with Gasteiger partial charge in [-0.2, -0.15) is 5.01 Å². The minimum absolute atomic E-state index is 0.0863. The Hall–Kier alpha value is -3.50. The van der Waals surface area contributed by atoms with Crippen molar-refractivity contribution >= 4 is 63.3 Å². The number of nitrogens with one attached hydrogen (secondary N) is 1. The molecule has 2 aromatic carbocycles. The van der Waals surface area contributed by atoms with Gasteiger partial charge in [0, 0.05) is 11.1 Å². The molecule has 1 N–H and O–H groups in total. The number of hydrogen-bond acceptors (Lipinski definition) is 7. The number of methoxy groups -OCH3 is 1. The summed E-state index contributed by atoms with van der Waals surface area (Å²) in [4.78, 5) is 51.9. The van der Waals surface area contributed by atoms with Crippen molar-refractivity contribution in [3.05, 3.63) is 70.6 Å². The highest BCUT2D eigenvalue weighted by atomic mass is 32.2. The number of fused-ring (bicyclic) bond motifs is 1. The molecule has 156 valence electrons. The second kappa shape index (κ2) is 8.32. The van der Waals surface area contributed by atoms with Gasteiger partial charge in [0.2, 0.25) is 0 Å². The molecule has 0 atom stereocenters. The molecule has 0 saturated carbocycles. The minimum atomic E-state index is -0.614. The van der Waals surface area contributed by atoms with Crippen molar-refractivity contribution in [2.45, 2.75) is 0 Å².